The van der Waals surface area contributed by atoms with Crippen LogP contribution in [0.15, 0.2) is 47.2 Å². The topological polar surface area (TPSA) is 123 Å². The minimum atomic E-state index is -1.02. The van der Waals surface area contributed by atoms with E-state index in [0.717, 1.165) is 24.0 Å². The summed E-state index contributed by atoms with van der Waals surface area (Å²) in [6, 6.07) is 9.53. The van der Waals surface area contributed by atoms with E-state index in [2.05, 4.69) is 27.3 Å². The summed E-state index contributed by atoms with van der Waals surface area (Å²) in [5.41, 5.74) is 2.68. The molecule has 166 valence electrons. The lowest BCUT2D eigenvalue weighted by Crippen LogP contribution is -2.55. The third-order valence-electron chi connectivity index (χ3n) is 5.26. The first-order valence-corrected chi connectivity index (χ1v) is 10.3. The van der Waals surface area contributed by atoms with Crippen molar-refractivity contribution < 1.29 is 24.3 Å². The van der Waals surface area contributed by atoms with Crippen molar-refractivity contribution in [2.75, 3.05) is 6.61 Å². The summed E-state index contributed by atoms with van der Waals surface area (Å²) in [6.07, 6.45) is 3.21. The van der Waals surface area contributed by atoms with E-state index in [1.807, 2.05) is 28.8 Å². The molecule has 1 aliphatic rings. The number of hydrogen-bond donors (Lipinski definition) is 3. The summed E-state index contributed by atoms with van der Waals surface area (Å²) in [6.45, 7) is 2.53. The number of amides is 1. The first-order chi connectivity index (χ1) is 15.5. The lowest BCUT2D eigenvalue weighted by atomic mass is 9.98. The predicted octanol–water partition coefficient (Wildman–Crippen LogP) is 2.34. The van der Waals surface area contributed by atoms with Crippen LogP contribution < -0.4 is 5.32 Å². The predicted molar refractivity (Wildman–Crippen MR) is 114 cm³/mol. The summed E-state index contributed by atoms with van der Waals surface area (Å²) in [4.78, 5) is 14.9. The van der Waals surface area contributed by atoms with Crippen LogP contribution in [-0.2, 0) is 17.7 Å². The highest BCUT2D eigenvalue weighted by molar-refractivity contribution is 5.65. The molecule has 3 unspecified atom stereocenters. The van der Waals surface area contributed by atoms with Gasteiger partial charge in [-0.3, -0.25) is 0 Å². The summed E-state index contributed by atoms with van der Waals surface area (Å²) in [5, 5.41) is 25.1. The second-order valence-corrected chi connectivity index (χ2v) is 7.69. The molecule has 1 fully saturated rings. The fourth-order valence-electron chi connectivity index (χ4n) is 3.55. The van der Waals surface area contributed by atoms with Gasteiger partial charge in [0.25, 0.3) is 0 Å². The highest BCUT2D eigenvalue weighted by Gasteiger charge is 2.32. The molecular weight excluding hydrogens is 412 g/mol. The smallest absolute Gasteiger partial charge is 0.405 e. The maximum absolute atomic E-state index is 10.7. The summed E-state index contributed by atoms with van der Waals surface area (Å²) in [5.74, 6) is 7.06. The Morgan fingerprint density at radius 1 is 1.34 bits per heavy atom. The number of hydrogen-bond acceptors (Lipinski definition) is 6. The number of nitrogens with one attached hydrogen (secondary N) is 1. The Balaban J connectivity index is 1.30. The van der Waals surface area contributed by atoms with Crippen LogP contribution in [0.2, 0.25) is 0 Å². The van der Waals surface area contributed by atoms with Gasteiger partial charge in [0.05, 0.1) is 25.3 Å². The quantitative estimate of drug-likeness (QED) is 0.486. The standard InChI is InChI=1S/C23H24N4O5/c1-15(28)22-24-10-11-27(22)13-18-12-19(32-26-18)8-6-16-2-4-17(5-3-16)7-9-21-20(14-31-21)25-23(29)30/h2-5,10-12,15,20-21,25,28H,7,9,13-14H2,1H3,(H,29,30). The Labute approximate surface area is 185 Å². The SMILES string of the molecule is CC(O)c1nccn1Cc1cc(C#Cc2ccc(CCC3OCC3NC(=O)O)cc2)on1. The molecule has 4 rings (SSSR count). The molecule has 0 spiro atoms. The van der Waals surface area contributed by atoms with Crippen molar-refractivity contribution in [1.82, 2.24) is 20.0 Å². The number of aromatic nitrogens is 3. The molecule has 0 saturated carbocycles. The van der Waals surface area contributed by atoms with Crippen LogP contribution in [0.5, 0.6) is 0 Å². The van der Waals surface area contributed by atoms with Gasteiger partial charge in [0, 0.05) is 24.0 Å². The molecule has 9 heteroatoms. The zero-order chi connectivity index (χ0) is 22.5. The van der Waals surface area contributed by atoms with Gasteiger partial charge in [-0.05, 0) is 43.4 Å². The van der Waals surface area contributed by atoms with Gasteiger partial charge in [-0.2, -0.15) is 0 Å². The first kappa shape index (κ1) is 21.6. The molecule has 3 heterocycles. The molecule has 0 aliphatic carbocycles. The average Bonchev–Trinajstić information content (AvgIpc) is 3.40. The maximum Gasteiger partial charge on any atom is 0.405 e. The highest BCUT2D eigenvalue weighted by Crippen LogP contribution is 2.19. The Hall–Kier alpha value is -3.61. The van der Waals surface area contributed by atoms with Crippen LogP contribution in [-0.4, -0.2) is 49.8 Å². The van der Waals surface area contributed by atoms with Gasteiger partial charge < -0.3 is 29.4 Å². The Bertz CT molecular complexity index is 1120. The molecule has 0 radical (unpaired) electrons. The van der Waals surface area contributed by atoms with E-state index >= 15 is 0 Å². The second-order valence-electron chi connectivity index (χ2n) is 7.69. The van der Waals surface area contributed by atoms with Crippen molar-refractivity contribution in [1.29, 1.82) is 0 Å². The molecule has 3 N–H and O–H groups in total. The van der Waals surface area contributed by atoms with Crippen LogP contribution in [0.3, 0.4) is 0 Å². The number of aryl methyl sites for hydroxylation is 1. The average molecular weight is 436 g/mol. The van der Waals surface area contributed by atoms with Crippen LogP contribution >= 0.6 is 0 Å². The largest absolute Gasteiger partial charge is 0.465 e. The molecule has 9 nitrogen and oxygen atoms in total. The van der Waals surface area contributed by atoms with Gasteiger partial charge in [-0.25, -0.2) is 9.78 Å². The molecule has 0 bridgehead atoms. The molecule has 32 heavy (non-hydrogen) atoms. The molecule has 3 atom stereocenters. The fourth-order valence-corrected chi connectivity index (χ4v) is 3.55. The van der Waals surface area contributed by atoms with Crippen molar-refractivity contribution in [2.45, 2.75) is 44.6 Å². The lowest BCUT2D eigenvalue weighted by molar-refractivity contribution is -0.0872. The Morgan fingerprint density at radius 3 is 2.84 bits per heavy atom. The number of aliphatic hydroxyl groups is 1. The summed E-state index contributed by atoms with van der Waals surface area (Å²) in [7, 11) is 0. The van der Waals surface area contributed by atoms with Gasteiger partial charge in [-0.1, -0.05) is 23.2 Å². The molecule has 1 saturated heterocycles. The number of benzene rings is 1. The van der Waals surface area contributed by atoms with Crippen LogP contribution in [0, 0.1) is 11.8 Å². The third-order valence-corrected chi connectivity index (χ3v) is 5.26. The molecule has 2 aromatic heterocycles. The van der Waals surface area contributed by atoms with Crippen LogP contribution in [0.1, 0.15) is 47.9 Å². The van der Waals surface area contributed by atoms with E-state index in [4.69, 9.17) is 14.4 Å². The van der Waals surface area contributed by atoms with Gasteiger partial charge >= 0.3 is 6.09 Å². The van der Waals surface area contributed by atoms with Gasteiger partial charge in [0.1, 0.15) is 17.6 Å². The molecule has 1 aromatic carbocycles. The van der Waals surface area contributed by atoms with Gasteiger partial charge in [-0.15, -0.1) is 0 Å². The zero-order valence-corrected chi connectivity index (χ0v) is 17.6. The number of carboxylic acid groups (broad SMARTS) is 1. The van der Waals surface area contributed by atoms with E-state index in [-0.39, 0.29) is 12.1 Å². The maximum atomic E-state index is 10.7. The number of carbonyl (C=O) groups is 1. The van der Waals surface area contributed by atoms with Crippen molar-refractivity contribution in [2.24, 2.45) is 0 Å². The van der Waals surface area contributed by atoms with E-state index in [0.29, 0.717) is 30.4 Å². The lowest BCUT2D eigenvalue weighted by Gasteiger charge is -2.36. The van der Waals surface area contributed by atoms with Gasteiger partial charge in [0.2, 0.25) is 5.76 Å². The van der Waals surface area contributed by atoms with Gasteiger partial charge in [0.15, 0.2) is 0 Å². The third kappa shape index (κ3) is 5.35. The number of nitrogens with zero attached hydrogens (tertiary/aromatic N) is 3. The summed E-state index contributed by atoms with van der Waals surface area (Å²) >= 11 is 0. The first-order valence-electron chi connectivity index (χ1n) is 10.3. The normalized spacial score (nSPS) is 18.3. The highest BCUT2D eigenvalue weighted by atomic mass is 16.5. The van der Waals surface area contributed by atoms with Crippen molar-refractivity contribution in [3.05, 3.63) is 71.1 Å². The minimum Gasteiger partial charge on any atom is -0.465 e. The molecule has 1 aliphatic heterocycles. The van der Waals surface area contributed by atoms with Crippen molar-refractivity contribution >= 4 is 6.09 Å². The van der Waals surface area contributed by atoms with E-state index in [9.17, 15) is 9.90 Å². The molecule has 1 amide bonds. The van der Waals surface area contributed by atoms with Crippen LogP contribution in [0.4, 0.5) is 4.79 Å². The number of ether oxygens (including phenoxy) is 1. The van der Waals surface area contributed by atoms with E-state index in [1.54, 1.807) is 25.4 Å². The van der Waals surface area contributed by atoms with E-state index < -0.39 is 12.2 Å². The second kappa shape index (κ2) is 9.68. The Morgan fingerprint density at radius 2 is 2.16 bits per heavy atom. The fraction of sp³-hybridized carbons (Fsp3) is 0.348. The number of rotatable bonds is 7. The number of imidazole rings is 1. The molecular formula is C23H24N4O5. The molecule has 3 aromatic rings. The minimum absolute atomic E-state index is 0.0785. The van der Waals surface area contributed by atoms with Crippen molar-refractivity contribution in [3.63, 3.8) is 0 Å². The monoisotopic (exact) mass is 436 g/mol. The Kier molecular flexibility index (Phi) is 6.54. The summed E-state index contributed by atoms with van der Waals surface area (Å²) < 4.78 is 12.6. The van der Waals surface area contributed by atoms with Crippen LogP contribution in [0.25, 0.3) is 0 Å². The zero-order valence-electron chi connectivity index (χ0n) is 17.6. The number of aliphatic hydroxyl groups excluding tert-OH is 1. The van der Waals surface area contributed by atoms with E-state index in [1.165, 1.54) is 0 Å². The van der Waals surface area contributed by atoms with Crippen molar-refractivity contribution in [3.8, 4) is 11.8 Å².